The number of ether oxygens (including phenoxy) is 2. The maximum atomic E-state index is 13.1. The highest BCUT2D eigenvalue weighted by Gasteiger charge is 2.36. The Hall–Kier alpha value is -5.07. The van der Waals surface area contributed by atoms with Crippen molar-refractivity contribution in [2.45, 2.75) is 77.5 Å². The smallest absolute Gasteiger partial charge is 0.410 e. The van der Waals surface area contributed by atoms with Crippen LogP contribution in [0.5, 0.6) is 0 Å². The molecule has 12 heteroatoms. The number of amides is 2. The van der Waals surface area contributed by atoms with Crippen LogP contribution in [0.15, 0.2) is 97.2 Å². The fraction of sp³-hybridized carbons (Fsp3) is 0.395. The van der Waals surface area contributed by atoms with Crippen molar-refractivity contribution in [2.24, 2.45) is 0 Å². The fourth-order valence-electron chi connectivity index (χ4n) is 5.69. The van der Waals surface area contributed by atoms with Crippen LogP contribution >= 0.6 is 0 Å². The second kappa shape index (κ2) is 16.6. The Bertz CT molecular complexity index is 1530. The Labute approximate surface area is 295 Å². The summed E-state index contributed by atoms with van der Waals surface area (Å²) in [5.41, 5.74) is 7.90. The summed E-state index contributed by atoms with van der Waals surface area (Å²) in [6.07, 6.45) is -0.572. The first-order chi connectivity index (χ1) is 23.7. The summed E-state index contributed by atoms with van der Waals surface area (Å²) in [6.45, 7) is 11.3. The molecule has 4 rings (SSSR count). The first-order valence-corrected chi connectivity index (χ1v) is 16.8. The van der Waals surface area contributed by atoms with E-state index in [4.69, 9.17) is 15.2 Å². The van der Waals surface area contributed by atoms with Gasteiger partial charge in [0.05, 0.1) is 24.9 Å². The maximum Gasteiger partial charge on any atom is 0.410 e. The number of nitrogens with one attached hydrogen (secondary N) is 3. The van der Waals surface area contributed by atoms with Gasteiger partial charge in [0.25, 0.3) is 0 Å². The summed E-state index contributed by atoms with van der Waals surface area (Å²) in [7, 11) is 0. The highest BCUT2D eigenvalue weighted by Crippen LogP contribution is 2.37. The number of hydrogen-bond acceptors (Lipinski definition) is 9. The normalized spacial score (nSPS) is 12.0. The molecule has 12 nitrogen and oxygen atoms in total. The van der Waals surface area contributed by atoms with Crippen LogP contribution in [0, 0.1) is 0 Å². The molecule has 0 aliphatic heterocycles. The van der Waals surface area contributed by atoms with E-state index in [0.29, 0.717) is 25.2 Å². The van der Waals surface area contributed by atoms with Crippen LogP contribution in [0.25, 0.3) is 0 Å². The van der Waals surface area contributed by atoms with E-state index in [0.717, 1.165) is 16.7 Å². The molecule has 1 heterocycles. The Morgan fingerprint density at radius 1 is 0.800 bits per heavy atom. The molecule has 3 aromatic carbocycles. The molecule has 0 radical (unpaired) electrons. The van der Waals surface area contributed by atoms with Gasteiger partial charge in [-0.1, -0.05) is 91.0 Å². The second-order valence-corrected chi connectivity index (χ2v) is 13.9. The summed E-state index contributed by atoms with van der Waals surface area (Å²) < 4.78 is 12.6. The molecule has 0 aliphatic carbocycles. The van der Waals surface area contributed by atoms with Crippen molar-refractivity contribution in [3.05, 3.63) is 114 Å². The van der Waals surface area contributed by atoms with E-state index in [1.54, 1.807) is 52.6 Å². The summed E-state index contributed by atoms with van der Waals surface area (Å²) in [5, 5.41) is 23.4. The fourth-order valence-corrected chi connectivity index (χ4v) is 5.69. The molecule has 1 aromatic heterocycles. The minimum Gasteiger partial charge on any atom is -0.444 e. The zero-order valence-electron chi connectivity index (χ0n) is 29.8. The average molecular weight is 686 g/mol. The van der Waals surface area contributed by atoms with Gasteiger partial charge in [0.1, 0.15) is 22.7 Å². The quantitative estimate of drug-likeness (QED) is 0.0651. The molecule has 0 bridgehead atoms. The van der Waals surface area contributed by atoms with Crippen LogP contribution in [-0.4, -0.2) is 64.3 Å². The molecule has 0 saturated carbocycles. The van der Waals surface area contributed by atoms with Crippen molar-refractivity contribution in [1.29, 1.82) is 0 Å². The minimum atomic E-state index is -1.14. The van der Waals surface area contributed by atoms with Gasteiger partial charge in [-0.3, -0.25) is 16.0 Å². The third kappa shape index (κ3) is 9.99. The average Bonchev–Trinajstić information content (AvgIpc) is 3.41. The minimum absolute atomic E-state index is 0.165. The van der Waals surface area contributed by atoms with Gasteiger partial charge in [-0.25, -0.2) is 14.3 Å². The lowest BCUT2D eigenvalue weighted by Gasteiger charge is -2.38. The van der Waals surface area contributed by atoms with Crippen LogP contribution in [-0.2, 0) is 21.6 Å². The monoisotopic (exact) mass is 685 g/mol. The first kappa shape index (κ1) is 37.7. The van der Waals surface area contributed by atoms with Gasteiger partial charge in [0.15, 0.2) is 6.29 Å². The standard InChI is InChI=1S/C38H51N7O5/c1-36(2,3)49-34(47)42-33(43-35(48)50-37(4,5)6)44(31-27-41-45(25-26-46)32(31)39)24-16-23-40-38(28-17-10-7-11-18-28,29-19-12-8-13-20-29)30-21-14-9-15-22-30/h7-15,17-22,27,33,40,46H,16,23-26,39H2,1-6H3,(H,42,47)(H,43,48). The summed E-state index contributed by atoms with van der Waals surface area (Å²) in [5.74, 6) is 0.251. The van der Waals surface area contributed by atoms with Gasteiger partial charge in [-0.15, -0.1) is 0 Å². The zero-order chi connectivity index (χ0) is 36.4. The zero-order valence-corrected chi connectivity index (χ0v) is 29.8. The Balaban J connectivity index is 1.70. The van der Waals surface area contributed by atoms with Crippen LogP contribution in [0.4, 0.5) is 21.1 Å². The molecule has 268 valence electrons. The number of aliphatic hydroxyl groups is 1. The molecular formula is C38H51N7O5. The largest absolute Gasteiger partial charge is 0.444 e. The lowest BCUT2D eigenvalue weighted by Crippen LogP contribution is -2.60. The van der Waals surface area contributed by atoms with E-state index in [2.05, 4.69) is 57.4 Å². The van der Waals surface area contributed by atoms with Crippen LogP contribution < -0.4 is 26.6 Å². The molecular weight excluding hydrogens is 634 g/mol. The van der Waals surface area contributed by atoms with Crippen LogP contribution in [0.2, 0.25) is 0 Å². The predicted molar refractivity (Wildman–Crippen MR) is 195 cm³/mol. The van der Waals surface area contributed by atoms with E-state index in [1.165, 1.54) is 4.68 Å². The third-order valence-corrected chi connectivity index (χ3v) is 7.69. The molecule has 0 aliphatic rings. The molecule has 0 spiro atoms. The number of anilines is 2. The highest BCUT2D eigenvalue weighted by atomic mass is 16.6. The maximum absolute atomic E-state index is 13.1. The van der Waals surface area contributed by atoms with Crippen molar-refractivity contribution in [2.75, 3.05) is 30.3 Å². The predicted octanol–water partition coefficient (Wildman–Crippen LogP) is 5.57. The Morgan fingerprint density at radius 2 is 1.24 bits per heavy atom. The number of carbonyl (C=O) groups is 2. The summed E-state index contributed by atoms with van der Waals surface area (Å²) in [6, 6.07) is 30.8. The molecule has 6 N–H and O–H groups in total. The number of benzene rings is 3. The van der Waals surface area contributed by atoms with Crippen molar-refractivity contribution in [3.8, 4) is 0 Å². The lowest BCUT2D eigenvalue weighted by atomic mass is 9.77. The van der Waals surface area contributed by atoms with E-state index < -0.39 is 35.2 Å². The molecule has 0 atom stereocenters. The van der Waals surface area contributed by atoms with Gasteiger partial charge in [0, 0.05) is 6.54 Å². The van der Waals surface area contributed by atoms with Crippen molar-refractivity contribution in [3.63, 3.8) is 0 Å². The summed E-state index contributed by atoms with van der Waals surface area (Å²) >= 11 is 0. The van der Waals surface area contributed by atoms with Crippen LogP contribution in [0.3, 0.4) is 0 Å². The summed E-state index contributed by atoms with van der Waals surface area (Å²) in [4.78, 5) is 28.0. The number of nitrogen functional groups attached to an aromatic ring is 1. The highest BCUT2D eigenvalue weighted by molar-refractivity contribution is 5.74. The number of aliphatic hydroxyl groups excluding tert-OH is 1. The Morgan fingerprint density at radius 3 is 1.64 bits per heavy atom. The number of nitrogens with zero attached hydrogens (tertiary/aromatic N) is 3. The van der Waals surface area contributed by atoms with Gasteiger partial charge in [-0.05, 0) is 71.2 Å². The van der Waals surface area contributed by atoms with E-state index >= 15 is 0 Å². The van der Waals surface area contributed by atoms with Crippen molar-refractivity contribution < 1.29 is 24.2 Å². The van der Waals surface area contributed by atoms with E-state index in [9.17, 15) is 14.7 Å². The molecule has 0 fully saturated rings. The number of hydrogen-bond donors (Lipinski definition) is 5. The van der Waals surface area contributed by atoms with Gasteiger partial charge in [-0.2, -0.15) is 5.10 Å². The van der Waals surface area contributed by atoms with E-state index in [-0.39, 0.29) is 19.0 Å². The topological polar surface area (TPSA) is 156 Å². The molecule has 2 amide bonds. The molecule has 0 unspecified atom stereocenters. The number of nitrogens with two attached hydrogens (primary N) is 1. The SMILES string of the molecule is CC(C)(C)OC(=O)NC(NC(=O)OC(C)(C)C)N(CCCNC(c1ccccc1)(c1ccccc1)c1ccccc1)c1cnn(CCO)c1N. The van der Waals surface area contributed by atoms with Gasteiger partial charge in [0.2, 0.25) is 0 Å². The van der Waals surface area contributed by atoms with E-state index in [1.807, 2.05) is 54.6 Å². The van der Waals surface area contributed by atoms with Gasteiger partial charge < -0.3 is 25.2 Å². The number of carbonyl (C=O) groups excluding carboxylic acids is 2. The first-order valence-electron chi connectivity index (χ1n) is 16.8. The lowest BCUT2D eigenvalue weighted by molar-refractivity contribution is 0.0423. The van der Waals surface area contributed by atoms with Gasteiger partial charge >= 0.3 is 12.2 Å². The van der Waals surface area contributed by atoms with Crippen molar-refractivity contribution >= 4 is 23.7 Å². The molecule has 0 saturated heterocycles. The number of aromatic nitrogens is 2. The molecule has 4 aromatic rings. The third-order valence-electron chi connectivity index (χ3n) is 7.69. The molecule has 50 heavy (non-hydrogen) atoms. The number of rotatable bonds is 14. The number of alkyl carbamates (subject to hydrolysis) is 2. The second-order valence-electron chi connectivity index (χ2n) is 13.9. The van der Waals surface area contributed by atoms with Crippen LogP contribution in [0.1, 0.15) is 64.7 Å². The Kier molecular flexibility index (Phi) is 12.5. The van der Waals surface area contributed by atoms with Crippen molar-refractivity contribution in [1.82, 2.24) is 25.7 Å².